The van der Waals surface area contributed by atoms with E-state index in [2.05, 4.69) is 11.9 Å². The van der Waals surface area contributed by atoms with Gasteiger partial charge in [-0.25, -0.2) is 0 Å². The average Bonchev–Trinajstić information content (AvgIpc) is 2.65. The number of rotatable bonds is 4. The summed E-state index contributed by atoms with van der Waals surface area (Å²) in [5.41, 5.74) is 1.87. The minimum Gasteiger partial charge on any atom is -0.468 e. The molecule has 5 nitrogen and oxygen atoms in total. The number of anilines is 1. The third-order valence-corrected chi connectivity index (χ3v) is 5.63. The highest BCUT2D eigenvalue weighted by atomic mass is 16.5. The van der Waals surface area contributed by atoms with Crippen molar-refractivity contribution in [2.75, 3.05) is 11.9 Å². The number of nitrogens with one attached hydrogen (secondary N) is 1. The summed E-state index contributed by atoms with van der Waals surface area (Å²) in [4.78, 5) is 28.2. The van der Waals surface area contributed by atoms with E-state index < -0.39 is 11.6 Å². The number of amides is 2. The molecule has 1 fully saturated rings. The zero-order valence-electron chi connectivity index (χ0n) is 16.1. The molecule has 2 heterocycles. The van der Waals surface area contributed by atoms with Crippen LogP contribution in [0.25, 0.3) is 0 Å². The lowest BCUT2D eigenvalue weighted by Crippen LogP contribution is -2.64. The molecular formula is C23H24N2O3. The number of carbonyl (C=O) groups excluding carboxylic acids is 2. The predicted octanol–water partition coefficient (Wildman–Crippen LogP) is 3.86. The second-order valence-corrected chi connectivity index (χ2v) is 7.70. The van der Waals surface area contributed by atoms with Crippen molar-refractivity contribution >= 4 is 17.5 Å². The van der Waals surface area contributed by atoms with Crippen LogP contribution in [0.3, 0.4) is 0 Å². The molecule has 4 rings (SSSR count). The fourth-order valence-electron chi connectivity index (χ4n) is 4.36. The number of ether oxygens (including phenoxy) is 1. The zero-order chi connectivity index (χ0) is 19.9. The summed E-state index contributed by atoms with van der Waals surface area (Å²) < 4.78 is 6.21. The fourth-order valence-corrected chi connectivity index (χ4v) is 4.36. The van der Waals surface area contributed by atoms with E-state index in [1.165, 1.54) is 0 Å². The summed E-state index contributed by atoms with van der Waals surface area (Å²) in [6, 6.07) is 15.3. The van der Waals surface area contributed by atoms with E-state index >= 15 is 0 Å². The van der Waals surface area contributed by atoms with Crippen molar-refractivity contribution in [1.29, 1.82) is 0 Å². The molecule has 1 saturated heterocycles. The van der Waals surface area contributed by atoms with Crippen molar-refractivity contribution in [3.05, 3.63) is 72.3 Å². The Morgan fingerprint density at radius 1 is 1.32 bits per heavy atom. The number of nitrogens with zero attached hydrogens (tertiary/aromatic N) is 1. The van der Waals surface area contributed by atoms with Gasteiger partial charge >= 0.3 is 0 Å². The lowest BCUT2D eigenvalue weighted by atomic mass is 9.73. The summed E-state index contributed by atoms with van der Waals surface area (Å²) in [7, 11) is 0. The molecule has 2 aromatic carbocycles. The van der Waals surface area contributed by atoms with Crippen LogP contribution in [0.2, 0.25) is 0 Å². The number of fused-ring (bicyclic) bond motifs is 4. The standard InChI is InChI=1S/C23H24N2O3/c1-4-12-25-22(27)20(21(26)24-16-9-7-8-15(2)13-16)18-14-23(25,3)28-19-11-6-5-10-17(18)19/h4-11,13,18,20H,1,12,14H2,2-3H3,(H,24,26)/t18-,20?,23+/m0/s1. The fraction of sp³-hybridized carbons (Fsp3) is 0.304. The van der Waals surface area contributed by atoms with Crippen LogP contribution in [0.1, 0.15) is 30.4 Å². The number of hydrogen-bond acceptors (Lipinski definition) is 3. The highest BCUT2D eigenvalue weighted by molar-refractivity contribution is 6.08. The van der Waals surface area contributed by atoms with Gasteiger partial charge in [-0.3, -0.25) is 9.59 Å². The van der Waals surface area contributed by atoms with Crippen molar-refractivity contribution in [3.8, 4) is 5.75 Å². The van der Waals surface area contributed by atoms with Gasteiger partial charge in [0, 0.05) is 24.6 Å². The smallest absolute Gasteiger partial charge is 0.239 e. The topological polar surface area (TPSA) is 58.6 Å². The maximum atomic E-state index is 13.4. The SMILES string of the molecule is C=CCN1C(=O)C(C(=O)Nc2cccc(C)c2)[C@H]2C[C@@]1(C)Oc1ccccc12. The van der Waals surface area contributed by atoms with E-state index in [0.29, 0.717) is 18.7 Å². The molecule has 2 amide bonds. The van der Waals surface area contributed by atoms with Crippen molar-refractivity contribution in [2.24, 2.45) is 5.92 Å². The monoisotopic (exact) mass is 376 g/mol. The van der Waals surface area contributed by atoms with Gasteiger partial charge in [-0.05, 0) is 43.2 Å². The lowest BCUT2D eigenvalue weighted by Gasteiger charge is -2.52. The highest BCUT2D eigenvalue weighted by Crippen LogP contribution is 2.50. The maximum absolute atomic E-state index is 13.4. The number of benzene rings is 2. The minimum atomic E-state index is -0.807. The molecule has 1 N–H and O–H groups in total. The van der Waals surface area contributed by atoms with E-state index in [4.69, 9.17) is 4.74 Å². The Balaban J connectivity index is 1.74. The molecule has 1 unspecified atom stereocenters. The van der Waals surface area contributed by atoms with Crippen molar-refractivity contribution in [1.82, 2.24) is 4.90 Å². The highest BCUT2D eigenvalue weighted by Gasteiger charge is 2.55. The van der Waals surface area contributed by atoms with Crippen LogP contribution < -0.4 is 10.1 Å². The van der Waals surface area contributed by atoms with Gasteiger partial charge in [0.15, 0.2) is 5.72 Å². The molecule has 0 spiro atoms. The molecule has 2 aliphatic heterocycles. The normalized spacial score (nSPS) is 25.5. The van der Waals surface area contributed by atoms with Gasteiger partial charge in [-0.2, -0.15) is 0 Å². The van der Waals surface area contributed by atoms with Gasteiger partial charge in [0.1, 0.15) is 11.7 Å². The Morgan fingerprint density at radius 2 is 2.11 bits per heavy atom. The first-order valence-corrected chi connectivity index (χ1v) is 9.51. The lowest BCUT2D eigenvalue weighted by molar-refractivity contribution is -0.173. The largest absolute Gasteiger partial charge is 0.468 e. The van der Waals surface area contributed by atoms with Crippen LogP contribution in [0.15, 0.2) is 61.2 Å². The van der Waals surface area contributed by atoms with E-state index in [-0.39, 0.29) is 17.7 Å². The third kappa shape index (κ3) is 2.97. The van der Waals surface area contributed by atoms with Crippen LogP contribution in [0.5, 0.6) is 5.75 Å². The summed E-state index contributed by atoms with van der Waals surface area (Å²) in [5.74, 6) is -0.810. The van der Waals surface area contributed by atoms with Crippen LogP contribution in [-0.2, 0) is 9.59 Å². The Morgan fingerprint density at radius 3 is 2.86 bits per heavy atom. The first-order chi connectivity index (χ1) is 13.4. The molecule has 0 saturated carbocycles. The molecule has 2 aromatic rings. The predicted molar refractivity (Wildman–Crippen MR) is 108 cm³/mol. The first-order valence-electron chi connectivity index (χ1n) is 9.51. The molecule has 3 atom stereocenters. The molecular weight excluding hydrogens is 352 g/mol. The number of carbonyl (C=O) groups is 2. The Kier molecular flexibility index (Phi) is 4.46. The van der Waals surface area contributed by atoms with Crippen molar-refractivity contribution in [3.63, 3.8) is 0 Å². The quantitative estimate of drug-likeness (QED) is 0.651. The Labute approximate surface area is 165 Å². The molecule has 2 bridgehead atoms. The van der Waals surface area contributed by atoms with Gasteiger partial charge in [0.25, 0.3) is 0 Å². The second-order valence-electron chi connectivity index (χ2n) is 7.70. The molecule has 2 aliphatic rings. The van der Waals surface area contributed by atoms with Gasteiger partial charge in [-0.15, -0.1) is 6.58 Å². The van der Waals surface area contributed by atoms with Gasteiger partial charge in [-0.1, -0.05) is 36.4 Å². The van der Waals surface area contributed by atoms with E-state index in [1.807, 2.05) is 62.4 Å². The van der Waals surface area contributed by atoms with Crippen molar-refractivity contribution < 1.29 is 14.3 Å². The third-order valence-electron chi connectivity index (χ3n) is 5.63. The van der Waals surface area contributed by atoms with E-state index in [9.17, 15) is 9.59 Å². The Hall–Kier alpha value is -3.08. The van der Waals surface area contributed by atoms with Gasteiger partial charge in [0.05, 0.1) is 0 Å². The molecule has 0 aliphatic carbocycles. The second kappa shape index (κ2) is 6.82. The summed E-state index contributed by atoms with van der Waals surface area (Å²) in [6.45, 7) is 7.97. The van der Waals surface area contributed by atoms with Crippen LogP contribution in [0.4, 0.5) is 5.69 Å². The van der Waals surface area contributed by atoms with Gasteiger partial charge in [0.2, 0.25) is 11.8 Å². The van der Waals surface area contributed by atoms with E-state index in [0.717, 1.165) is 16.9 Å². The summed E-state index contributed by atoms with van der Waals surface area (Å²) >= 11 is 0. The molecule has 28 heavy (non-hydrogen) atoms. The number of hydrogen-bond donors (Lipinski definition) is 1. The van der Waals surface area contributed by atoms with Crippen LogP contribution >= 0.6 is 0 Å². The average molecular weight is 376 g/mol. The summed E-state index contributed by atoms with van der Waals surface area (Å²) in [5, 5.41) is 2.94. The van der Waals surface area contributed by atoms with E-state index in [1.54, 1.807) is 11.0 Å². The first kappa shape index (κ1) is 18.3. The van der Waals surface area contributed by atoms with Gasteiger partial charge < -0.3 is 15.0 Å². The maximum Gasteiger partial charge on any atom is 0.239 e. The number of likely N-dealkylation sites (tertiary alicyclic amines) is 1. The molecule has 5 heteroatoms. The molecule has 0 aromatic heterocycles. The minimum absolute atomic E-state index is 0.224. The zero-order valence-corrected chi connectivity index (χ0v) is 16.1. The van der Waals surface area contributed by atoms with Crippen LogP contribution in [0, 0.1) is 12.8 Å². The summed E-state index contributed by atoms with van der Waals surface area (Å²) in [6.07, 6.45) is 2.23. The Bertz CT molecular complexity index is 954. The van der Waals surface area contributed by atoms with Crippen molar-refractivity contribution in [2.45, 2.75) is 31.9 Å². The molecule has 144 valence electrons. The van der Waals surface area contributed by atoms with Crippen LogP contribution in [-0.4, -0.2) is 29.0 Å². The number of aryl methyl sites for hydroxylation is 1. The molecule has 0 radical (unpaired) electrons. The number of para-hydroxylation sites is 1. The number of piperidine rings is 1.